The molecule has 1 N–H and O–H groups in total. The van der Waals surface area contributed by atoms with Gasteiger partial charge in [-0.05, 0) is 12.1 Å². The van der Waals surface area contributed by atoms with Crippen molar-refractivity contribution in [3.63, 3.8) is 0 Å². The van der Waals surface area contributed by atoms with Crippen LogP contribution in [-0.2, 0) is 9.53 Å². The molecular formula is C19H16N2O4. The number of ether oxygens (including phenoxy) is 1. The lowest BCUT2D eigenvalue weighted by Crippen LogP contribution is -2.29. The van der Waals surface area contributed by atoms with Crippen LogP contribution in [0.2, 0.25) is 0 Å². The summed E-state index contributed by atoms with van der Waals surface area (Å²) in [7, 11) is 0. The third kappa shape index (κ3) is 5.29. The van der Waals surface area contributed by atoms with Gasteiger partial charge in [0, 0.05) is 17.7 Å². The minimum atomic E-state index is -0.658. The molecule has 1 amide bonds. The summed E-state index contributed by atoms with van der Waals surface area (Å²) in [6, 6.07) is 16.7. The topological polar surface area (TPSA) is 96.3 Å². The van der Waals surface area contributed by atoms with Gasteiger partial charge in [-0.1, -0.05) is 42.5 Å². The number of nitrogens with zero attached hydrogens (tertiary/aromatic N) is 1. The smallest absolute Gasteiger partial charge is 0.338 e. The van der Waals surface area contributed by atoms with Crippen LogP contribution >= 0.6 is 0 Å². The van der Waals surface area contributed by atoms with Gasteiger partial charge in [0.15, 0.2) is 12.4 Å². The first-order valence-corrected chi connectivity index (χ1v) is 7.62. The number of carbonyl (C=O) groups is 3. The summed E-state index contributed by atoms with van der Waals surface area (Å²) < 4.78 is 4.89. The van der Waals surface area contributed by atoms with Crippen molar-refractivity contribution < 1.29 is 19.1 Å². The van der Waals surface area contributed by atoms with Crippen molar-refractivity contribution in [2.75, 3.05) is 13.2 Å². The maximum atomic E-state index is 12.3. The fourth-order valence-corrected chi connectivity index (χ4v) is 2.04. The molecule has 0 bridgehead atoms. The van der Waals surface area contributed by atoms with Crippen molar-refractivity contribution in [1.29, 1.82) is 5.26 Å². The molecule has 0 fully saturated rings. The number of rotatable bonds is 7. The Labute approximate surface area is 145 Å². The molecule has 0 radical (unpaired) electrons. The predicted molar refractivity (Wildman–Crippen MR) is 89.8 cm³/mol. The Morgan fingerprint density at radius 1 is 0.920 bits per heavy atom. The molecule has 0 saturated carbocycles. The Balaban J connectivity index is 1.91. The van der Waals surface area contributed by atoms with Gasteiger partial charge in [-0.2, -0.15) is 5.26 Å². The van der Waals surface area contributed by atoms with E-state index in [1.54, 1.807) is 36.4 Å². The Hall–Kier alpha value is -3.46. The lowest BCUT2D eigenvalue weighted by Gasteiger charge is -2.06. The minimum Gasteiger partial charge on any atom is -0.452 e. The summed E-state index contributed by atoms with van der Waals surface area (Å²) in [5.74, 6) is -1.27. The molecule has 0 aliphatic rings. The molecule has 6 nitrogen and oxygen atoms in total. The van der Waals surface area contributed by atoms with Crippen LogP contribution in [0.4, 0.5) is 0 Å². The van der Waals surface area contributed by atoms with Gasteiger partial charge in [0.05, 0.1) is 18.1 Å². The number of hydrogen-bond acceptors (Lipinski definition) is 5. The zero-order chi connectivity index (χ0) is 18.1. The number of esters is 1. The lowest BCUT2D eigenvalue weighted by molar-refractivity contribution is -0.124. The molecule has 0 aromatic heterocycles. The van der Waals surface area contributed by atoms with Gasteiger partial charge in [-0.25, -0.2) is 4.79 Å². The summed E-state index contributed by atoms with van der Waals surface area (Å²) in [5.41, 5.74) is 1.26. The van der Waals surface area contributed by atoms with Crippen LogP contribution < -0.4 is 5.32 Å². The molecule has 25 heavy (non-hydrogen) atoms. The second kappa shape index (κ2) is 8.99. The van der Waals surface area contributed by atoms with Crippen LogP contribution in [0.5, 0.6) is 0 Å². The Morgan fingerprint density at radius 3 is 2.16 bits per heavy atom. The van der Waals surface area contributed by atoms with E-state index >= 15 is 0 Å². The lowest BCUT2D eigenvalue weighted by atomic mass is 10.0. The van der Waals surface area contributed by atoms with Crippen molar-refractivity contribution in [1.82, 2.24) is 5.32 Å². The van der Waals surface area contributed by atoms with Crippen molar-refractivity contribution in [2.45, 2.75) is 6.42 Å². The standard InChI is InChI=1S/C19H16N2O4/c20-11-4-12-21-17(22)13-25-19(24)16-9-7-15(8-10-16)18(23)14-5-2-1-3-6-14/h1-3,5-10H,4,12-13H2,(H,21,22). The summed E-state index contributed by atoms with van der Waals surface area (Å²) in [4.78, 5) is 35.6. The number of benzene rings is 2. The molecule has 0 spiro atoms. The Morgan fingerprint density at radius 2 is 1.52 bits per heavy atom. The van der Waals surface area contributed by atoms with Crippen LogP contribution in [0.1, 0.15) is 32.7 Å². The SMILES string of the molecule is N#CCCNC(=O)COC(=O)c1ccc(C(=O)c2ccccc2)cc1. The average Bonchev–Trinajstić information content (AvgIpc) is 2.66. The van der Waals surface area contributed by atoms with Crippen LogP contribution in [-0.4, -0.2) is 30.8 Å². The van der Waals surface area contributed by atoms with Gasteiger partial charge in [0.1, 0.15) is 0 Å². The minimum absolute atomic E-state index is 0.141. The number of ketones is 1. The average molecular weight is 336 g/mol. The van der Waals surface area contributed by atoms with E-state index in [1.807, 2.05) is 12.1 Å². The molecule has 0 heterocycles. The third-order valence-electron chi connectivity index (χ3n) is 3.31. The third-order valence-corrected chi connectivity index (χ3v) is 3.31. The molecule has 0 aliphatic carbocycles. The molecule has 126 valence electrons. The molecule has 6 heteroatoms. The van der Waals surface area contributed by atoms with E-state index in [9.17, 15) is 14.4 Å². The van der Waals surface area contributed by atoms with E-state index < -0.39 is 18.5 Å². The summed E-state index contributed by atoms with van der Waals surface area (Å²) in [6.07, 6.45) is 0.191. The van der Waals surface area contributed by atoms with Crippen LogP contribution in [0.25, 0.3) is 0 Å². The fourth-order valence-electron chi connectivity index (χ4n) is 2.04. The Kier molecular flexibility index (Phi) is 6.43. The first-order valence-electron chi connectivity index (χ1n) is 7.62. The van der Waals surface area contributed by atoms with Gasteiger partial charge in [0.2, 0.25) is 0 Å². The highest BCUT2D eigenvalue weighted by molar-refractivity contribution is 6.09. The highest BCUT2D eigenvalue weighted by Crippen LogP contribution is 2.11. The summed E-state index contributed by atoms with van der Waals surface area (Å²) >= 11 is 0. The predicted octanol–water partition coefficient (Wildman–Crippen LogP) is 2.10. The molecule has 0 saturated heterocycles. The molecule has 2 aromatic carbocycles. The summed E-state index contributed by atoms with van der Waals surface area (Å²) in [6.45, 7) is -0.210. The van der Waals surface area contributed by atoms with E-state index in [1.165, 1.54) is 12.1 Å². The molecule has 0 unspecified atom stereocenters. The van der Waals surface area contributed by atoms with Crippen LogP contribution in [0.3, 0.4) is 0 Å². The van der Waals surface area contributed by atoms with Crippen molar-refractivity contribution in [2.24, 2.45) is 0 Å². The highest BCUT2D eigenvalue weighted by Gasteiger charge is 2.12. The maximum Gasteiger partial charge on any atom is 0.338 e. The number of amides is 1. The molecule has 0 atom stereocenters. The zero-order valence-electron chi connectivity index (χ0n) is 13.4. The normalized spacial score (nSPS) is 9.72. The molecule has 0 aliphatic heterocycles. The van der Waals surface area contributed by atoms with Crippen LogP contribution in [0, 0.1) is 11.3 Å². The van der Waals surface area contributed by atoms with Crippen molar-refractivity contribution in [3.05, 3.63) is 71.3 Å². The van der Waals surface area contributed by atoms with E-state index in [0.717, 1.165) is 0 Å². The number of nitrogens with one attached hydrogen (secondary N) is 1. The maximum absolute atomic E-state index is 12.3. The Bertz CT molecular complexity index is 792. The quantitative estimate of drug-likeness (QED) is 0.474. The van der Waals surface area contributed by atoms with Gasteiger partial charge < -0.3 is 10.1 Å². The van der Waals surface area contributed by atoms with Crippen LogP contribution in [0.15, 0.2) is 54.6 Å². The molecular weight excluding hydrogens is 320 g/mol. The van der Waals surface area contributed by atoms with E-state index in [-0.39, 0.29) is 24.3 Å². The van der Waals surface area contributed by atoms with Gasteiger partial charge in [0.25, 0.3) is 5.91 Å². The fraction of sp³-hybridized carbons (Fsp3) is 0.158. The van der Waals surface area contributed by atoms with E-state index in [4.69, 9.17) is 10.00 Å². The molecule has 2 rings (SSSR count). The van der Waals surface area contributed by atoms with E-state index in [0.29, 0.717) is 11.1 Å². The first-order chi connectivity index (χ1) is 12.1. The van der Waals surface area contributed by atoms with Gasteiger partial charge >= 0.3 is 5.97 Å². The molecule has 2 aromatic rings. The first kappa shape index (κ1) is 17.9. The van der Waals surface area contributed by atoms with E-state index in [2.05, 4.69) is 5.32 Å². The number of nitriles is 1. The highest BCUT2D eigenvalue weighted by atomic mass is 16.5. The van der Waals surface area contributed by atoms with Gasteiger partial charge in [-0.15, -0.1) is 0 Å². The largest absolute Gasteiger partial charge is 0.452 e. The van der Waals surface area contributed by atoms with Crippen molar-refractivity contribution >= 4 is 17.7 Å². The van der Waals surface area contributed by atoms with Gasteiger partial charge in [-0.3, -0.25) is 9.59 Å². The van der Waals surface area contributed by atoms with Crippen molar-refractivity contribution in [3.8, 4) is 6.07 Å². The second-order valence-corrected chi connectivity index (χ2v) is 5.11. The summed E-state index contributed by atoms with van der Waals surface area (Å²) in [5, 5.41) is 10.8. The monoisotopic (exact) mass is 336 g/mol. The zero-order valence-corrected chi connectivity index (χ0v) is 13.4. The second-order valence-electron chi connectivity index (χ2n) is 5.11. The number of hydrogen-bond donors (Lipinski definition) is 1. The number of carbonyl (C=O) groups excluding carboxylic acids is 3.